The van der Waals surface area contributed by atoms with Gasteiger partial charge in [-0.2, -0.15) is 0 Å². The molecule has 0 aromatic heterocycles. The van der Waals surface area contributed by atoms with E-state index in [1.807, 2.05) is 0 Å². The minimum atomic E-state index is -1.74. The van der Waals surface area contributed by atoms with Crippen molar-refractivity contribution in [3.05, 3.63) is 41.5 Å². The molecule has 0 aliphatic carbocycles. The van der Waals surface area contributed by atoms with E-state index in [1.165, 1.54) is 39.3 Å². The van der Waals surface area contributed by atoms with Crippen LogP contribution in [0, 0.1) is 0 Å². The van der Waals surface area contributed by atoms with Crippen LogP contribution in [0.3, 0.4) is 0 Å². The largest absolute Gasteiger partial charge is 0.504 e. The zero-order valence-corrected chi connectivity index (χ0v) is 24.0. The Morgan fingerprint density at radius 3 is 2.18 bits per heavy atom. The predicted molar refractivity (Wildman–Crippen MR) is 146 cm³/mol. The van der Waals surface area contributed by atoms with E-state index in [9.17, 15) is 40.5 Å². The third-order valence-electron chi connectivity index (χ3n) is 7.91. The summed E-state index contributed by atoms with van der Waals surface area (Å²) in [6.07, 6.45) is -15.5. The maximum Gasteiger partial charge on any atom is 0.229 e. The van der Waals surface area contributed by atoms with Gasteiger partial charge >= 0.3 is 0 Å². The second-order valence-corrected chi connectivity index (χ2v) is 10.8. The number of Topliss-reactive ketones (excluding diaryl/α,β-unsaturated/α-hetero) is 1. The lowest BCUT2D eigenvalue weighted by atomic mass is 9.95. The summed E-state index contributed by atoms with van der Waals surface area (Å²) in [5, 5.41) is 72.0. The summed E-state index contributed by atoms with van der Waals surface area (Å²) in [5.41, 5.74) is 0.676. The molecular weight excluding hydrogens is 588 g/mol. The molecule has 11 atom stereocenters. The Kier molecular flexibility index (Phi) is 9.50. The fourth-order valence-electron chi connectivity index (χ4n) is 5.35. The van der Waals surface area contributed by atoms with Crippen LogP contribution < -0.4 is 18.9 Å². The molecule has 2 aromatic rings. The van der Waals surface area contributed by atoms with Gasteiger partial charge in [-0.05, 0) is 24.6 Å². The molecule has 3 heterocycles. The molecule has 0 bridgehead atoms. The zero-order chi connectivity index (χ0) is 31.9. The molecule has 242 valence electrons. The van der Waals surface area contributed by atoms with Crippen molar-refractivity contribution >= 4 is 5.78 Å². The molecule has 2 aromatic carbocycles. The van der Waals surface area contributed by atoms with E-state index in [0.717, 1.165) is 0 Å². The molecule has 0 spiro atoms. The molecule has 4 unspecified atom stereocenters. The molecule has 0 amide bonds. The van der Waals surface area contributed by atoms with Crippen LogP contribution in [0.1, 0.15) is 35.4 Å². The number of carbonyl (C=O) groups is 1. The first-order chi connectivity index (χ1) is 20.9. The number of aliphatic hydroxyl groups is 6. The quantitative estimate of drug-likeness (QED) is 0.190. The predicted octanol–water partition coefficient (Wildman–Crippen LogP) is -0.854. The van der Waals surface area contributed by atoms with Crippen molar-refractivity contribution in [2.24, 2.45) is 0 Å². The van der Waals surface area contributed by atoms with Gasteiger partial charge in [0.15, 0.2) is 23.6 Å². The summed E-state index contributed by atoms with van der Waals surface area (Å²) in [5.74, 6) is 0.0679. The van der Waals surface area contributed by atoms with E-state index >= 15 is 0 Å². The lowest BCUT2D eigenvalue weighted by Crippen LogP contribution is -2.61. The van der Waals surface area contributed by atoms with Gasteiger partial charge in [0, 0.05) is 12.1 Å². The van der Waals surface area contributed by atoms with Gasteiger partial charge in [0.1, 0.15) is 71.6 Å². The number of methoxy groups -OCH3 is 2. The third kappa shape index (κ3) is 6.15. The van der Waals surface area contributed by atoms with Crippen LogP contribution in [0.25, 0.3) is 0 Å². The molecule has 0 radical (unpaired) electrons. The fraction of sp³-hybridized carbons (Fsp3) is 0.552. The molecule has 44 heavy (non-hydrogen) atoms. The second-order valence-electron chi connectivity index (χ2n) is 10.8. The highest BCUT2D eigenvalue weighted by Crippen LogP contribution is 2.44. The maximum absolute atomic E-state index is 13.1. The lowest BCUT2D eigenvalue weighted by molar-refractivity contribution is -0.318. The maximum atomic E-state index is 13.1. The van der Waals surface area contributed by atoms with E-state index in [2.05, 4.69) is 0 Å². The normalized spacial score (nSPS) is 35.4. The molecule has 15 heteroatoms. The number of ether oxygens (including phenoxy) is 7. The smallest absolute Gasteiger partial charge is 0.229 e. The molecule has 2 fully saturated rings. The van der Waals surface area contributed by atoms with Gasteiger partial charge in [-0.3, -0.25) is 4.79 Å². The van der Waals surface area contributed by atoms with Crippen LogP contribution in [0.15, 0.2) is 30.3 Å². The number of ketones is 1. The topological polar surface area (TPSA) is 223 Å². The molecule has 3 aliphatic rings. The summed E-state index contributed by atoms with van der Waals surface area (Å²) in [6.45, 7) is 1.00. The number of phenols is 1. The number of benzene rings is 2. The van der Waals surface area contributed by atoms with Crippen LogP contribution in [0.5, 0.6) is 28.7 Å². The number of phenolic OH excluding ortho intramolecular Hbond substituents is 1. The average Bonchev–Trinajstić information content (AvgIpc) is 3.01. The molecule has 7 N–H and O–H groups in total. The van der Waals surface area contributed by atoms with Crippen LogP contribution in [-0.4, -0.2) is 124 Å². The summed E-state index contributed by atoms with van der Waals surface area (Å²) < 4.78 is 39.0. The van der Waals surface area contributed by atoms with Crippen LogP contribution in [0.2, 0.25) is 0 Å². The Balaban J connectivity index is 1.33. The van der Waals surface area contributed by atoms with Crippen molar-refractivity contribution in [3.8, 4) is 28.7 Å². The van der Waals surface area contributed by atoms with Crippen LogP contribution in [-0.2, 0) is 14.2 Å². The highest BCUT2D eigenvalue weighted by atomic mass is 16.7. The lowest BCUT2D eigenvalue weighted by Gasteiger charge is -2.42. The summed E-state index contributed by atoms with van der Waals surface area (Å²) in [6, 6.07) is 7.38. The molecule has 2 saturated heterocycles. The van der Waals surface area contributed by atoms with Crippen LogP contribution in [0.4, 0.5) is 0 Å². The summed E-state index contributed by atoms with van der Waals surface area (Å²) in [7, 11) is 2.76. The Hall–Kier alpha value is -3.25. The van der Waals surface area contributed by atoms with Crippen molar-refractivity contribution in [1.82, 2.24) is 0 Å². The minimum Gasteiger partial charge on any atom is -0.504 e. The van der Waals surface area contributed by atoms with Gasteiger partial charge in [0.2, 0.25) is 6.29 Å². The van der Waals surface area contributed by atoms with Gasteiger partial charge < -0.3 is 68.9 Å². The van der Waals surface area contributed by atoms with E-state index < -0.39 is 74.1 Å². The van der Waals surface area contributed by atoms with Crippen LogP contribution >= 0.6 is 0 Å². The minimum absolute atomic E-state index is 0.0240. The Morgan fingerprint density at radius 1 is 0.818 bits per heavy atom. The standard InChI is InChI=1S/C29H36O15/c1-11-22(32)24(34)26(36)28(41-11)40-10-20-23(33)25(35)27(37)29(44-20)42-13-7-18(39-3)21-15(31)9-17(43-19(21)8-13)12-4-5-16(38-2)14(30)6-12/h4-8,11,17,20,22-30,32-37H,9-10H2,1-3H3/t11-,17+,20+,22+,23-,24?,25?,26?,27?,28-,29-/m1/s1. The fourth-order valence-corrected chi connectivity index (χ4v) is 5.35. The van der Waals surface area contributed by atoms with Gasteiger partial charge in [-0.25, -0.2) is 0 Å². The van der Waals surface area contributed by atoms with E-state index in [4.69, 9.17) is 33.2 Å². The summed E-state index contributed by atoms with van der Waals surface area (Å²) >= 11 is 0. The van der Waals surface area contributed by atoms with Gasteiger partial charge in [0.05, 0.1) is 33.4 Å². The van der Waals surface area contributed by atoms with Crippen molar-refractivity contribution in [1.29, 1.82) is 0 Å². The number of aromatic hydroxyl groups is 1. The van der Waals surface area contributed by atoms with Crippen molar-refractivity contribution in [2.45, 2.75) is 80.9 Å². The molecule has 15 nitrogen and oxygen atoms in total. The number of aliphatic hydroxyl groups excluding tert-OH is 6. The zero-order valence-electron chi connectivity index (χ0n) is 24.0. The Labute approximate surface area is 251 Å². The van der Waals surface area contributed by atoms with Crippen molar-refractivity contribution in [2.75, 3.05) is 20.8 Å². The second kappa shape index (κ2) is 13.0. The summed E-state index contributed by atoms with van der Waals surface area (Å²) in [4.78, 5) is 13.1. The first-order valence-electron chi connectivity index (χ1n) is 13.9. The first kappa shape index (κ1) is 32.2. The molecule has 0 saturated carbocycles. The van der Waals surface area contributed by atoms with Crippen molar-refractivity contribution < 1.29 is 73.7 Å². The van der Waals surface area contributed by atoms with Crippen molar-refractivity contribution in [3.63, 3.8) is 0 Å². The number of hydrogen-bond acceptors (Lipinski definition) is 15. The van der Waals surface area contributed by atoms with E-state index in [-0.39, 0.29) is 46.5 Å². The van der Waals surface area contributed by atoms with Gasteiger partial charge in [0.25, 0.3) is 0 Å². The number of rotatable bonds is 8. The highest BCUT2D eigenvalue weighted by molar-refractivity contribution is 6.02. The molecule has 3 aliphatic heterocycles. The molecular formula is C29H36O15. The van der Waals surface area contributed by atoms with Gasteiger partial charge in [-0.1, -0.05) is 6.07 Å². The molecule has 5 rings (SSSR count). The van der Waals surface area contributed by atoms with E-state index in [1.54, 1.807) is 12.1 Å². The van der Waals surface area contributed by atoms with E-state index in [0.29, 0.717) is 5.56 Å². The monoisotopic (exact) mass is 624 g/mol. The number of carbonyl (C=O) groups excluding carboxylic acids is 1. The highest BCUT2D eigenvalue weighted by Gasteiger charge is 2.47. The number of fused-ring (bicyclic) bond motifs is 1. The SMILES string of the molecule is COc1ccc([C@@H]2CC(=O)c3c(OC)cc(O[C@@H]4O[C@@H](CO[C@@H]5O[C@H](C)[C@H](O)C(O)C5O)[C@@H](O)C(O)C4O)cc3O2)cc1O. The number of hydrogen-bond donors (Lipinski definition) is 7. The van der Waals surface area contributed by atoms with Gasteiger partial charge in [-0.15, -0.1) is 0 Å². The third-order valence-corrected chi connectivity index (χ3v) is 7.91. The first-order valence-corrected chi connectivity index (χ1v) is 13.9. The Morgan fingerprint density at radius 2 is 1.50 bits per heavy atom. The Bertz CT molecular complexity index is 1340. The average molecular weight is 625 g/mol.